The molecular formula is C26H21BrN2O6. The topological polar surface area (TPSA) is 108 Å². The van der Waals surface area contributed by atoms with Crippen LogP contribution >= 0.6 is 15.9 Å². The van der Waals surface area contributed by atoms with Crippen molar-refractivity contribution in [2.24, 2.45) is 5.92 Å². The molecule has 0 spiro atoms. The van der Waals surface area contributed by atoms with E-state index in [4.69, 9.17) is 9.47 Å². The molecule has 4 rings (SSSR count). The highest BCUT2D eigenvalue weighted by molar-refractivity contribution is 9.10. The summed E-state index contributed by atoms with van der Waals surface area (Å²) in [7, 11) is 3.03. The lowest BCUT2D eigenvalue weighted by molar-refractivity contribution is -0.384. The van der Waals surface area contributed by atoms with Crippen LogP contribution in [0.15, 0.2) is 71.2 Å². The molecule has 35 heavy (non-hydrogen) atoms. The van der Waals surface area contributed by atoms with Gasteiger partial charge >= 0.3 is 0 Å². The average Bonchev–Trinajstić information content (AvgIpc) is 2.86. The van der Waals surface area contributed by atoms with Crippen molar-refractivity contribution < 1.29 is 24.0 Å². The maximum atomic E-state index is 13.4. The Morgan fingerprint density at radius 3 is 2.49 bits per heavy atom. The maximum Gasteiger partial charge on any atom is 0.269 e. The third kappa shape index (κ3) is 4.67. The predicted octanol–water partition coefficient (Wildman–Crippen LogP) is 5.36. The number of nitrogens with one attached hydrogen (secondary N) is 1. The van der Waals surface area contributed by atoms with Gasteiger partial charge in [-0.05, 0) is 56.9 Å². The number of anilines is 1. The van der Waals surface area contributed by atoms with E-state index in [0.29, 0.717) is 38.3 Å². The van der Waals surface area contributed by atoms with Gasteiger partial charge in [0.25, 0.3) is 5.69 Å². The van der Waals surface area contributed by atoms with Crippen molar-refractivity contribution in [1.82, 2.24) is 0 Å². The number of nitro groups is 1. The number of carbonyl (C=O) groups excluding carboxylic acids is 2. The van der Waals surface area contributed by atoms with Crippen LogP contribution in [0.4, 0.5) is 11.4 Å². The van der Waals surface area contributed by atoms with Crippen LogP contribution in [-0.2, 0) is 9.59 Å². The van der Waals surface area contributed by atoms with Crippen molar-refractivity contribution in [3.8, 4) is 11.5 Å². The van der Waals surface area contributed by atoms with E-state index in [2.05, 4.69) is 21.2 Å². The first-order valence-electron chi connectivity index (χ1n) is 10.6. The molecule has 8 nitrogen and oxygen atoms in total. The second-order valence-electron chi connectivity index (χ2n) is 7.82. The summed E-state index contributed by atoms with van der Waals surface area (Å²) >= 11 is 3.47. The lowest BCUT2D eigenvalue weighted by Gasteiger charge is -2.32. The molecule has 2 atom stereocenters. The van der Waals surface area contributed by atoms with Crippen molar-refractivity contribution in [2.45, 2.75) is 5.92 Å². The van der Waals surface area contributed by atoms with Crippen LogP contribution in [0.5, 0.6) is 11.5 Å². The Balaban J connectivity index is 1.76. The summed E-state index contributed by atoms with van der Waals surface area (Å²) in [6.45, 7) is 0. The molecule has 1 N–H and O–H groups in total. The van der Waals surface area contributed by atoms with E-state index in [9.17, 15) is 19.7 Å². The molecule has 0 saturated carbocycles. The number of halogens is 1. The van der Waals surface area contributed by atoms with E-state index in [1.807, 2.05) is 6.07 Å². The molecule has 1 amide bonds. The molecule has 1 aliphatic heterocycles. The smallest absolute Gasteiger partial charge is 0.269 e. The van der Waals surface area contributed by atoms with Gasteiger partial charge < -0.3 is 14.8 Å². The van der Waals surface area contributed by atoms with Gasteiger partial charge in [0, 0.05) is 23.7 Å². The Morgan fingerprint density at radius 1 is 1.09 bits per heavy atom. The third-order valence-electron chi connectivity index (χ3n) is 5.86. The summed E-state index contributed by atoms with van der Waals surface area (Å²) in [5, 5.41) is 14.2. The van der Waals surface area contributed by atoms with E-state index in [1.165, 1.54) is 38.5 Å². The zero-order chi connectivity index (χ0) is 25.1. The van der Waals surface area contributed by atoms with Crippen molar-refractivity contribution >= 4 is 45.1 Å². The van der Waals surface area contributed by atoms with Crippen molar-refractivity contribution in [3.63, 3.8) is 0 Å². The van der Waals surface area contributed by atoms with Gasteiger partial charge in [-0.2, -0.15) is 0 Å². The highest BCUT2D eigenvalue weighted by atomic mass is 79.9. The third-order valence-corrected chi connectivity index (χ3v) is 6.68. The molecule has 178 valence electrons. The van der Waals surface area contributed by atoms with Gasteiger partial charge in [-0.1, -0.05) is 36.4 Å². The number of amides is 1. The monoisotopic (exact) mass is 536 g/mol. The number of allylic oxidation sites excluding steroid dienone is 1. The quantitative estimate of drug-likeness (QED) is 0.188. The van der Waals surface area contributed by atoms with Gasteiger partial charge in [-0.25, -0.2) is 0 Å². The number of ether oxygens (including phenoxy) is 2. The van der Waals surface area contributed by atoms with Crippen LogP contribution < -0.4 is 14.8 Å². The van der Waals surface area contributed by atoms with Crippen LogP contribution in [0, 0.1) is 16.0 Å². The highest BCUT2D eigenvalue weighted by Crippen LogP contribution is 2.43. The normalized spacial score (nSPS) is 16.9. The number of fused-ring (bicyclic) bond motifs is 1. The number of hydrogen-bond acceptors (Lipinski definition) is 6. The second kappa shape index (κ2) is 10.1. The Hall–Kier alpha value is -3.98. The summed E-state index contributed by atoms with van der Waals surface area (Å²) in [5.41, 5.74) is 2.22. The van der Waals surface area contributed by atoms with Gasteiger partial charge in [0.15, 0.2) is 17.3 Å². The van der Waals surface area contributed by atoms with E-state index >= 15 is 0 Å². The number of methoxy groups -OCH3 is 2. The van der Waals surface area contributed by atoms with Gasteiger partial charge in [0.05, 0.1) is 23.6 Å². The molecule has 0 fully saturated rings. The first-order valence-corrected chi connectivity index (χ1v) is 11.4. The average molecular weight is 537 g/mol. The Labute approximate surface area is 209 Å². The number of ketones is 1. The van der Waals surface area contributed by atoms with E-state index in [-0.39, 0.29) is 5.69 Å². The molecule has 0 aromatic heterocycles. The summed E-state index contributed by atoms with van der Waals surface area (Å²) in [5.74, 6) is -1.71. The zero-order valence-electron chi connectivity index (χ0n) is 18.9. The van der Waals surface area contributed by atoms with Crippen molar-refractivity contribution in [3.05, 3.63) is 98.0 Å². The fraction of sp³-hybridized carbons (Fsp3) is 0.154. The molecular weight excluding hydrogens is 516 g/mol. The summed E-state index contributed by atoms with van der Waals surface area (Å²) < 4.78 is 11.3. The lowest BCUT2D eigenvalue weighted by Crippen LogP contribution is -2.38. The summed E-state index contributed by atoms with van der Waals surface area (Å²) in [6, 6.07) is 16.8. The SMILES string of the molecule is COc1ccc(/C=C\C(=O)C2C(=O)Nc3ccc([N+](=O)[O-])cc3C2c2ccccc2)c(Br)c1OC. The highest BCUT2D eigenvalue weighted by Gasteiger charge is 2.41. The molecule has 0 radical (unpaired) electrons. The molecule has 3 aromatic rings. The second-order valence-corrected chi connectivity index (χ2v) is 8.62. The number of non-ortho nitro benzene ring substituents is 1. The van der Waals surface area contributed by atoms with Crippen molar-refractivity contribution in [1.29, 1.82) is 0 Å². The zero-order valence-corrected chi connectivity index (χ0v) is 20.4. The minimum atomic E-state index is -1.11. The van der Waals surface area contributed by atoms with Gasteiger partial charge in [-0.3, -0.25) is 19.7 Å². The molecule has 3 aromatic carbocycles. The molecule has 1 heterocycles. The number of nitro benzene ring substituents is 1. The van der Waals surface area contributed by atoms with Crippen LogP contribution in [-0.4, -0.2) is 30.8 Å². The lowest BCUT2D eigenvalue weighted by atomic mass is 9.75. The van der Waals surface area contributed by atoms with E-state index < -0.39 is 28.4 Å². The number of carbonyl (C=O) groups is 2. The molecule has 9 heteroatoms. The standard InChI is InChI=1S/C26H21BrN2O6/c1-34-21-13-9-16(24(27)25(21)35-2)8-12-20(30)23-22(15-6-4-3-5-7-15)18-14-17(29(32)33)10-11-19(18)28-26(23)31/h3-14,22-23H,1-2H3,(H,28,31)/b12-8-. The molecule has 0 saturated heterocycles. The summed E-state index contributed by atoms with van der Waals surface area (Å²) in [6.07, 6.45) is 2.93. The first-order chi connectivity index (χ1) is 16.8. The van der Waals surface area contributed by atoms with Gasteiger partial charge in [0.2, 0.25) is 5.91 Å². The Kier molecular flexibility index (Phi) is 6.97. The molecule has 0 bridgehead atoms. The molecule has 2 unspecified atom stereocenters. The fourth-order valence-corrected chi connectivity index (χ4v) is 4.83. The van der Waals surface area contributed by atoms with Crippen LogP contribution in [0.3, 0.4) is 0 Å². The minimum absolute atomic E-state index is 0.114. The number of rotatable bonds is 7. The molecule has 1 aliphatic rings. The van der Waals surface area contributed by atoms with Gasteiger partial charge in [0.1, 0.15) is 5.92 Å². The number of benzene rings is 3. The maximum absolute atomic E-state index is 13.4. The largest absolute Gasteiger partial charge is 0.493 e. The fourth-order valence-electron chi connectivity index (χ4n) is 4.21. The van der Waals surface area contributed by atoms with Crippen LogP contribution in [0.1, 0.15) is 22.6 Å². The Bertz CT molecular complexity index is 1340. The minimum Gasteiger partial charge on any atom is -0.493 e. The van der Waals surface area contributed by atoms with Crippen molar-refractivity contribution in [2.75, 3.05) is 19.5 Å². The predicted molar refractivity (Wildman–Crippen MR) is 135 cm³/mol. The summed E-state index contributed by atoms with van der Waals surface area (Å²) in [4.78, 5) is 37.5. The molecule has 0 aliphatic carbocycles. The van der Waals surface area contributed by atoms with Crippen LogP contribution in [0.25, 0.3) is 6.08 Å². The number of nitrogens with zero attached hydrogens (tertiary/aromatic N) is 1. The van der Waals surface area contributed by atoms with E-state index in [0.717, 1.165) is 0 Å². The van der Waals surface area contributed by atoms with E-state index in [1.54, 1.807) is 42.5 Å². The van der Waals surface area contributed by atoms with Crippen LogP contribution in [0.2, 0.25) is 0 Å². The first kappa shape index (κ1) is 24.2. The van der Waals surface area contributed by atoms with Gasteiger partial charge in [-0.15, -0.1) is 0 Å². The number of hydrogen-bond donors (Lipinski definition) is 1. The Morgan fingerprint density at radius 2 is 1.83 bits per heavy atom.